The van der Waals surface area contributed by atoms with E-state index < -0.39 is 6.04 Å². The van der Waals surface area contributed by atoms with Crippen LogP contribution in [0.3, 0.4) is 0 Å². The first-order valence-corrected chi connectivity index (χ1v) is 6.82. The van der Waals surface area contributed by atoms with Crippen LogP contribution in [0.15, 0.2) is 30.3 Å². The predicted octanol–water partition coefficient (Wildman–Crippen LogP) is 2.92. The fraction of sp³-hybridized carbons (Fsp3) is 0.267. The summed E-state index contributed by atoms with van der Waals surface area (Å²) in [5.74, 6) is -0.0732. The molecule has 100 valence electrons. The molecule has 0 saturated heterocycles. The maximum Gasteiger partial charge on any atom is 0.271 e. The first-order chi connectivity index (χ1) is 9.69. The van der Waals surface area contributed by atoms with E-state index in [9.17, 15) is 4.79 Å². The second kappa shape index (κ2) is 5.10. The third-order valence-electron chi connectivity index (χ3n) is 3.45. The van der Waals surface area contributed by atoms with Crippen molar-refractivity contribution in [1.82, 2.24) is 10.3 Å². The van der Waals surface area contributed by atoms with E-state index >= 15 is 0 Å². The normalized spacial score (nSPS) is 15.6. The van der Waals surface area contributed by atoms with E-state index in [0.29, 0.717) is 5.15 Å². The molecule has 1 aromatic carbocycles. The lowest BCUT2D eigenvalue weighted by Crippen LogP contribution is -2.35. The summed E-state index contributed by atoms with van der Waals surface area (Å²) in [6, 6.07) is 10.9. The van der Waals surface area contributed by atoms with Gasteiger partial charge in [0.2, 0.25) is 0 Å². The average Bonchev–Trinajstić information content (AvgIpc) is 3.29. The van der Waals surface area contributed by atoms with E-state index in [1.165, 1.54) is 0 Å². The van der Waals surface area contributed by atoms with Gasteiger partial charge >= 0.3 is 0 Å². The fourth-order valence-electron chi connectivity index (χ4n) is 2.17. The monoisotopic (exact) mass is 285 g/mol. The highest BCUT2D eigenvalue weighted by Crippen LogP contribution is 2.32. The first kappa shape index (κ1) is 12.9. The highest BCUT2D eigenvalue weighted by atomic mass is 35.5. The summed E-state index contributed by atoms with van der Waals surface area (Å²) in [7, 11) is 0. The molecule has 0 radical (unpaired) electrons. The smallest absolute Gasteiger partial charge is 0.271 e. The van der Waals surface area contributed by atoms with Crippen LogP contribution in [0, 0.1) is 17.2 Å². The van der Waals surface area contributed by atoms with Gasteiger partial charge in [0.25, 0.3) is 5.91 Å². The number of hydrogen-bond donors (Lipinski definition) is 1. The van der Waals surface area contributed by atoms with Crippen LogP contribution in [0.1, 0.15) is 23.3 Å². The second-order valence-corrected chi connectivity index (χ2v) is 5.30. The number of benzene rings is 1. The number of nitrogens with one attached hydrogen (secondary N) is 1. The highest BCUT2D eigenvalue weighted by Gasteiger charge is 2.32. The zero-order chi connectivity index (χ0) is 14.1. The summed E-state index contributed by atoms with van der Waals surface area (Å²) in [6.45, 7) is 0. The average molecular weight is 286 g/mol. The van der Waals surface area contributed by atoms with Crippen LogP contribution in [0.25, 0.3) is 10.8 Å². The molecule has 3 rings (SSSR count). The van der Waals surface area contributed by atoms with Gasteiger partial charge in [0, 0.05) is 5.39 Å². The van der Waals surface area contributed by atoms with E-state index in [1.807, 2.05) is 24.3 Å². The number of pyridine rings is 1. The Bertz CT molecular complexity index is 719. The molecule has 1 unspecified atom stereocenters. The molecule has 1 heterocycles. The number of nitriles is 1. The Hall–Kier alpha value is -2.12. The van der Waals surface area contributed by atoms with E-state index in [2.05, 4.69) is 16.4 Å². The lowest BCUT2D eigenvalue weighted by Gasteiger charge is -2.10. The maximum atomic E-state index is 12.2. The summed E-state index contributed by atoms with van der Waals surface area (Å²) >= 11 is 6.10. The standard InChI is InChI=1S/C15H12ClN3O/c16-14-11-4-2-1-3-10(11)7-12(18-14)15(20)19-13(8-17)9-5-6-9/h1-4,7,9,13H,5-6H2,(H,19,20). The number of hydrogen-bond acceptors (Lipinski definition) is 3. The van der Waals surface area contributed by atoms with Crippen LogP contribution in [-0.2, 0) is 0 Å². The number of nitrogens with zero attached hydrogens (tertiary/aromatic N) is 2. The van der Waals surface area contributed by atoms with Gasteiger partial charge in [-0.1, -0.05) is 35.9 Å². The molecular weight excluding hydrogens is 274 g/mol. The quantitative estimate of drug-likeness (QED) is 0.882. The zero-order valence-corrected chi connectivity index (χ0v) is 11.4. The van der Waals surface area contributed by atoms with Crippen molar-refractivity contribution in [3.05, 3.63) is 41.2 Å². The number of aromatic nitrogens is 1. The molecule has 0 aliphatic heterocycles. The van der Waals surface area contributed by atoms with Gasteiger partial charge in [-0.2, -0.15) is 5.26 Å². The lowest BCUT2D eigenvalue weighted by atomic mass is 10.1. The molecular formula is C15H12ClN3O. The molecule has 1 aliphatic carbocycles. The minimum absolute atomic E-state index is 0.245. The van der Waals surface area contributed by atoms with Gasteiger partial charge in [0.1, 0.15) is 16.9 Å². The Kier molecular flexibility index (Phi) is 3.29. The second-order valence-electron chi connectivity index (χ2n) is 4.94. The lowest BCUT2D eigenvalue weighted by molar-refractivity contribution is 0.0937. The molecule has 5 heteroatoms. The summed E-state index contributed by atoms with van der Waals surface area (Å²) in [4.78, 5) is 16.3. The van der Waals surface area contributed by atoms with Crippen molar-refractivity contribution in [2.24, 2.45) is 5.92 Å². The topological polar surface area (TPSA) is 65.8 Å². The number of halogens is 1. The van der Waals surface area contributed by atoms with Gasteiger partial charge in [0.15, 0.2) is 0 Å². The van der Waals surface area contributed by atoms with E-state index in [-0.39, 0.29) is 17.5 Å². The Labute approximate surface area is 121 Å². The van der Waals surface area contributed by atoms with Gasteiger partial charge in [-0.05, 0) is 30.2 Å². The van der Waals surface area contributed by atoms with E-state index in [1.54, 1.807) is 6.07 Å². The van der Waals surface area contributed by atoms with Crippen molar-refractivity contribution in [3.8, 4) is 6.07 Å². The van der Waals surface area contributed by atoms with Gasteiger partial charge in [-0.3, -0.25) is 4.79 Å². The summed E-state index contributed by atoms with van der Waals surface area (Å²) in [5.41, 5.74) is 0.245. The Morgan fingerprint density at radius 2 is 2.20 bits per heavy atom. The molecule has 1 aliphatic rings. The molecule has 0 spiro atoms. The minimum Gasteiger partial charge on any atom is -0.335 e. The van der Waals surface area contributed by atoms with E-state index in [0.717, 1.165) is 23.6 Å². The van der Waals surface area contributed by atoms with Gasteiger partial charge in [-0.15, -0.1) is 0 Å². The molecule has 1 fully saturated rings. The van der Waals surface area contributed by atoms with E-state index in [4.69, 9.17) is 16.9 Å². The number of fused-ring (bicyclic) bond motifs is 1. The van der Waals surface area contributed by atoms with Crippen LogP contribution in [-0.4, -0.2) is 16.9 Å². The minimum atomic E-state index is -0.436. The van der Waals surface area contributed by atoms with Gasteiger partial charge in [-0.25, -0.2) is 4.98 Å². The van der Waals surface area contributed by atoms with Crippen LogP contribution in [0.4, 0.5) is 0 Å². The molecule has 1 atom stereocenters. The molecule has 1 N–H and O–H groups in total. The summed E-state index contributed by atoms with van der Waals surface area (Å²) < 4.78 is 0. The summed E-state index contributed by atoms with van der Waals surface area (Å²) in [6.07, 6.45) is 1.98. The summed E-state index contributed by atoms with van der Waals surface area (Å²) in [5, 5.41) is 13.7. The Morgan fingerprint density at radius 1 is 1.45 bits per heavy atom. The number of rotatable bonds is 3. The first-order valence-electron chi connectivity index (χ1n) is 6.45. The molecule has 2 aromatic rings. The number of carbonyl (C=O) groups is 1. The Balaban J connectivity index is 1.89. The van der Waals surface area contributed by atoms with Crippen molar-refractivity contribution in [2.45, 2.75) is 18.9 Å². The van der Waals surface area contributed by atoms with Crippen molar-refractivity contribution in [1.29, 1.82) is 5.26 Å². The van der Waals surface area contributed by atoms with Gasteiger partial charge in [0.05, 0.1) is 6.07 Å². The third kappa shape index (κ3) is 2.45. The van der Waals surface area contributed by atoms with Gasteiger partial charge < -0.3 is 5.32 Å². The highest BCUT2D eigenvalue weighted by molar-refractivity contribution is 6.34. The molecule has 0 bridgehead atoms. The fourth-order valence-corrected chi connectivity index (χ4v) is 2.44. The zero-order valence-electron chi connectivity index (χ0n) is 10.6. The van der Waals surface area contributed by atoms with Crippen molar-refractivity contribution in [2.75, 3.05) is 0 Å². The van der Waals surface area contributed by atoms with Crippen LogP contribution in [0.5, 0.6) is 0 Å². The number of amides is 1. The van der Waals surface area contributed by atoms with Crippen molar-refractivity contribution >= 4 is 28.3 Å². The van der Waals surface area contributed by atoms with Crippen LogP contribution < -0.4 is 5.32 Å². The molecule has 1 saturated carbocycles. The van der Waals surface area contributed by atoms with Crippen molar-refractivity contribution in [3.63, 3.8) is 0 Å². The van der Waals surface area contributed by atoms with Crippen LogP contribution >= 0.6 is 11.6 Å². The SMILES string of the molecule is N#CC(NC(=O)c1cc2ccccc2c(Cl)n1)C1CC1. The van der Waals surface area contributed by atoms with Crippen molar-refractivity contribution < 1.29 is 4.79 Å². The maximum absolute atomic E-state index is 12.2. The predicted molar refractivity (Wildman–Crippen MR) is 76.3 cm³/mol. The number of carbonyl (C=O) groups excluding carboxylic acids is 1. The Morgan fingerprint density at radius 3 is 2.90 bits per heavy atom. The molecule has 20 heavy (non-hydrogen) atoms. The third-order valence-corrected chi connectivity index (χ3v) is 3.73. The molecule has 1 amide bonds. The van der Waals surface area contributed by atoms with Crippen LogP contribution in [0.2, 0.25) is 5.15 Å². The molecule has 1 aromatic heterocycles. The largest absolute Gasteiger partial charge is 0.335 e. The molecule has 4 nitrogen and oxygen atoms in total.